The minimum Gasteiger partial charge on any atom is -0.379 e. The number of hydrogen-bond donors (Lipinski definition) is 1. The molecule has 0 bridgehead atoms. The van der Waals surface area contributed by atoms with E-state index in [-0.39, 0.29) is 10.8 Å². The summed E-state index contributed by atoms with van der Waals surface area (Å²) in [5, 5.41) is 4.93. The number of anilines is 1. The second-order valence-electron chi connectivity index (χ2n) is 7.71. The van der Waals surface area contributed by atoms with Crippen LogP contribution >= 0.6 is 11.3 Å². The topological polar surface area (TPSA) is 93.0 Å². The molecule has 0 radical (unpaired) electrons. The monoisotopic (exact) mass is 482 g/mol. The van der Waals surface area contributed by atoms with E-state index in [9.17, 15) is 13.2 Å². The van der Waals surface area contributed by atoms with Gasteiger partial charge in [0, 0.05) is 24.8 Å². The molecule has 1 aliphatic heterocycles. The van der Waals surface area contributed by atoms with Gasteiger partial charge in [0.15, 0.2) is 0 Å². The van der Waals surface area contributed by atoms with Gasteiger partial charge in [-0.1, -0.05) is 6.07 Å². The normalized spacial score (nSPS) is 15.1. The van der Waals surface area contributed by atoms with Crippen molar-refractivity contribution in [1.82, 2.24) is 13.7 Å². The van der Waals surface area contributed by atoms with Crippen LogP contribution in [0.15, 0.2) is 65.0 Å². The first-order valence-corrected chi connectivity index (χ1v) is 12.8. The van der Waals surface area contributed by atoms with Crippen LogP contribution < -0.4 is 5.32 Å². The standard InChI is InChI=1S/C23H22N4O4S2/c1-16-8-9-27-20(15-16)24-21(19-3-2-14-32-19)22(27)25-23(28)17-4-6-18(7-5-17)33(29,30)26-10-12-31-13-11-26/h2-9,14-15H,10-13H2,1H3,(H,25,28). The Balaban J connectivity index is 1.44. The van der Waals surface area contributed by atoms with Crippen LogP contribution in [0.1, 0.15) is 15.9 Å². The van der Waals surface area contributed by atoms with Gasteiger partial charge >= 0.3 is 0 Å². The van der Waals surface area contributed by atoms with Crippen LogP contribution in [0.25, 0.3) is 16.2 Å². The van der Waals surface area contributed by atoms with Crippen LogP contribution in [-0.4, -0.2) is 54.3 Å². The highest BCUT2D eigenvalue weighted by Crippen LogP contribution is 2.32. The van der Waals surface area contributed by atoms with E-state index < -0.39 is 10.0 Å². The average Bonchev–Trinajstić information content (AvgIpc) is 3.48. The quantitative estimate of drug-likeness (QED) is 0.469. The summed E-state index contributed by atoms with van der Waals surface area (Å²) in [5.41, 5.74) is 2.85. The van der Waals surface area contributed by atoms with Gasteiger partial charge in [-0.3, -0.25) is 9.20 Å². The summed E-state index contributed by atoms with van der Waals surface area (Å²) in [6.45, 7) is 3.40. The molecular weight excluding hydrogens is 460 g/mol. The van der Waals surface area contributed by atoms with E-state index in [4.69, 9.17) is 9.72 Å². The Morgan fingerprint density at radius 2 is 1.88 bits per heavy atom. The van der Waals surface area contributed by atoms with E-state index in [1.807, 2.05) is 47.2 Å². The Bertz CT molecular complexity index is 1400. The van der Waals surface area contributed by atoms with Crippen molar-refractivity contribution in [3.05, 3.63) is 71.2 Å². The molecule has 1 amide bonds. The Morgan fingerprint density at radius 3 is 2.58 bits per heavy atom. The number of hydrogen-bond acceptors (Lipinski definition) is 6. The van der Waals surface area contributed by atoms with Crippen molar-refractivity contribution < 1.29 is 17.9 Å². The zero-order chi connectivity index (χ0) is 23.0. The fourth-order valence-corrected chi connectivity index (χ4v) is 5.87. The second-order valence-corrected chi connectivity index (χ2v) is 10.6. The molecule has 0 saturated carbocycles. The van der Waals surface area contributed by atoms with Crippen molar-refractivity contribution in [3.8, 4) is 10.6 Å². The second kappa shape index (κ2) is 8.71. The molecular formula is C23H22N4O4S2. The van der Waals surface area contributed by atoms with Gasteiger partial charge in [0.25, 0.3) is 5.91 Å². The van der Waals surface area contributed by atoms with Gasteiger partial charge in [0.05, 0.1) is 23.0 Å². The van der Waals surface area contributed by atoms with Crippen molar-refractivity contribution in [2.75, 3.05) is 31.6 Å². The van der Waals surface area contributed by atoms with E-state index >= 15 is 0 Å². The number of imidazole rings is 1. The first kappa shape index (κ1) is 21.8. The van der Waals surface area contributed by atoms with E-state index in [2.05, 4.69) is 5.32 Å². The molecule has 170 valence electrons. The molecule has 1 aromatic carbocycles. The van der Waals surface area contributed by atoms with Crippen molar-refractivity contribution in [2.24, 2.45) is 0 Å². The summed E-state index contributed by atoms with van der Waals surface area (Å²) in [6.07, 6.45) is 1.88. The number of nitrogens with one attached hydrogen (secondary N) is 1. The predicted octanol–water partition coefficient (Wildman–Crippen LogP) is 3.64. The Hall–Kier alpha value is -3.05. The third-order valence-corrected chi connectivity index (χ3v) is 8.28. The molecule has 4 aromatic rings. The Labute approximate surface area is 195 Å². The molecule has 5 rings (SSSR count). The molecule has 1 fully saturated rings. The van der Waals surface area contributed by atoms with Gasteiger partial charge in [0.2, 0.25) is 10.0 Å². The molecule has 33 heavy (non-hydrogen) atoms. The highest BCUT2D eigenvalue weighted by atomic mass is 32.2. The fraction of sp³-hybridized carbons (Fsp3) is 0.217. The molecule has 4 heterocycles. The fourth-order valence-electron chi connectivity index (χ4n) is 3.75. The van der Waals surface area contributed by atoms with E-state index in [0.29, 0.717) is 43.4 Å². The lowest BCUT2D eigenvalue weighted by atomic mass is 10.2. The van der Waals surface area contributed by atoms with E-state index in [0.717, 1.165) is 16.1 Å². The lowest BCUT2D eigenvalue weighted by molar-refractivity contribution is 0.0730. The van der Waals surface area contributed by atoms with Crippen molar-refractivity contribution >= 4 is 38.7 Å². The smallest absolute Gasteiger partial charge is 0.256 e. The van der Waals surface area contributed by atoms with Gasteiger partial charge in [-0.15, -0.1) is 11.3 Å². The van der Waals surface area contributed by atoms with Gasteiger partial charge in [-0.05, 0) is 60.3 Å². The predicted molar refractivity (Wildman–Crippen MR) is 127 cm³/mol. The number of amides is 1. The summed E-state index contributed by atoms with van der Waals surface area (Å²) < 4.78 is 34.2. The molecule has 1 N–H and O–H groups in total. The maximum Gasteiger partial charge on any atom is 0.256 e. The van der Waals surface area contributed by atoms with E-state index in [1.165, 1.54) is 28.6 Å². The Morgan fingerprint density at radius 1 is 1.12 bits per heavy atom. The largest absolute Gasteiger partial charge is 0.379 e. The molecule has 0 unspecified atom stereocenters. The molecule has 10 heteroatoms. The summed E-state index contributed by atoms with van der Waals surface area (Å²) in [4.78, 5) is 18.9. The first-order valence-electron chi connectivity index (χ1n) is 10.5. The highest BCUT2D eigenvalue weighted by Gasteiger charge is 2.26. The summed E-state index contributed by atoms with van der Waals surface area (Å²) >= 11 is 1.54. The van der Waals surface area contributed by atoms with E-state index in [1.54, 1.807) is 11.3 Å². The lowest BCUT2D eigenvalue weighted by Gasteiger charge is -2.26. The van der Waals surface area contributed by atoms with Crippen LogP contribution in [0, 0.1) is 6.92 Å². The minimum absolute atomic E-state index is 0.158. The van der Waals surface area contributed by atoms with Gasteiger partial charge in [-0.25, -0.2) is 13.4 Å². The average molecular weight is 483 g/mol. The summed E-state index contributed by atoms with van der Waals surface area (Å²) in [5.74, 6) is 0.230. The number of thiophene rings is 1. The maximum absolute atomic E-state index is 13.1. The molecule has 0 spiro atoms. The number of pyridine rings is 1. The lowest BCUT2D eigenvalue weighted by Crippen LogP contribution is -2.40. The maximum atomic E-state index is 13.1. The zero-order valence-corrected chi connectivity index (χ0v) is 19.5. The number of aromatic nitrogens is 2. The zero-order valence-electron chi connectivity index (χ0n) is 17.9. The number of nitrogens with zero attached hydrogens (tertiary/aromatic N) is 3. The number of ether oxygens (including phenoxy) is 1. The number of rotatable bonds is 5. The number of carbonyl (C=O) groups excluding carboxylic acids is 1. The van der Waals surface area contributed by atoms with Gasteiger partial charge in [-0.2, -0.15) is 4.31 Å². The molecule has 8 nitrogen and oxygen atoms in total. The van der Waals surface area contributed by atoms with Gasteiger partial charge < -0.3 is 10.1 Å². The molecule has 3 aromatic heterocycles. The first-order chi connectivity index (χ1) is 15.9. The molecule has 1 aliphatic rings. The Kier molecular flexibility index (Phi) is 5.75. The van der Waals surface area contributed by atoms with Gasteiger partial charge in [0.1, 0.15) is 17.2 Å². The number of aryl methyl sites for hydroxylation is 1. The molecule has 1 saturated heterocycles. The van der Waals surface area contributed by atoms with Crippen LogP contribution in [0.2, 0.25) is 0 Å². The number of morpholine rings is 1. The summed E-state index contributed by atoms with van der Waals surface area (Å²) in [7, 11) is -3.61. The van der Waals surface area contributed by atoms with Crippen LogP contribution in [0.4, 0.5) is 5.82 Å². The number of sulfonamides is 1. The van der Waals surface area contributed by atoms with Crippen LogP contribution in [0.3, 0.4) is 0 Å². The summed E-state index contributed by atoms with van der Waals surface area (Å²) in [6, 6.07) is 13.8. The minimum atomic E-state index is -3.61. The van der Waals surface area contributed by atoms with Crippen LogP contribution in [-0.2, 0) is 14.8 Å². The number of carbonyl (C=O) groups is 1. The highest BCUT2D eigenvalue weighted by molar-refractivity contribution is 7.89. The molecule has 0 atom stereocenters. The van der Waals surface area contributed by atoms with Crippen molar-refractivity contribution in [1.29, 1.82) is 0 Å². The van der Waals surface area contributed by atoms with Crippen molar-refractivity contribution in [2.45, 2.75) is 11.8 Å². The third kappa shape index (κ3) is 4.18. The molecule has 0 aliphatic carbocycles. The van der Waals surface area contributed by atoms with Crippen molar-refractivity contribution in [3.63, 3.8) is 0 Å². The van der Waals surface area contributed by atoms with Crippen LogP contribution in [0.5, 0.6) is 0 Å². The number of benzene rings is 1. The SMILES string of the molecule is Cc1ccn2c(NC(=O)c3ccc(S(=O)(=O)N4CCOCC4)cc3)c(-c3cccs3)nc2c1. The number of fused-ring (bicyclic) bond motifs is 1. The third-order valence-electron chi connectivity index (χ3n) is 5.49.